The SMILES string of the molecule is Cn1c(SCc2cccc(F)c2)nc2cc3ccccc3cc2c1=O. The second-order valence-electron chi connectivity index (χ2n) is 5.89. The molecule has 4 aromatic rings. The summed E-state index contributed by atoms with van der Waals surface area (Å²) in [5.74, 6) is 0.293. The molecule has 0 bridgehead atoms. The van der Waals surface area contributed by atoms with Gasteiger partial charge in [0.15, 0.2) is 5.16 Å². The van der Waals surface area contributed by atoms with Crippen LogP contribution in [0, 0.1) is 5.82 Å². The Balaban J connectivity index is 1.77. The Hall–Kier alpha value is -2.66. The van der Waals surface area contributed by atoms with E-state index in [1.54, 1.807) is 17.7 Å². The molecule has 0 aliphatic rings. The van der Waals surface area contributed by atoms with E-state index in [0.29, 0.717) is 21.8 Å². The van der Waals surface area contributed by atoms with Gasteiger partial charge in [-0.3, -0.25) is 9.36 Å². The maximum atomic E-state index is 13.3. The van der Waals surface area contributed by atoms with E-state index in [2.05, 4.69) is 4.98 Å². The molecule has 0 saturated heterocycles. The van der Waals surface area contributed by atoms with Crippen LogP contribution in [0.3, 0.4) is 0 Å². The zero-order valence-corrected chi connectivity index (χ0v) is 14.4. The fourth-order valence-corrected chi connectivity index (χ4v) is 3.76. The van der Waals surface area contributed by atoms with Gasteiger partial charge in [-0.2, -0.15) is 0 Å². The molecule has 0 fully saturated rings. The molecule has 0 aliphatic carbocycles. The van der Waals surface area contributed by atoms with Crippen molar-refractivity contribution in [2.45, 2.75) is 10.9 Å². The second kappa shape index (κ2) is 6.33. The summed E-state index contributed by atoms with van der Waals surface area (Å²) in [6.07, 6.45) is 0. The molecule has 1 heterocycles. The molecule has 5 heteroatoms. The molecule has 0 amide bonds. The first-order chi connectivity index (χ1) is 12.1. The van der Waals surface area contributed by atoms with E-state index in [0.717, 1.165) is 16.3 Å². The van der Waals surface area contributed by atoms with Crippen molar-refractivity contribution in [1.82, 2.24) is 9.55 Å². The predicted octanol–water partition coefficient (Wildman–Crippen LogP) is 4.52. The van der Waals surface area contributed by atoms with Crippen molar-refractivity contribution < 1.29 is 4.39 Å². The third-order valence-electron chi connectivity index (χ3n) is 4.16. The first-order valence-electron chi connectivity index (χ1n) is 7.88. The molecule has 0 atom stereocenters. The van der Waals surface area contributed by atoms with Gasteiger partial charge in [-0.25, -0.2) is 9.37 Å². The Morgan fingerprint density at radius 3 is 2.56 bits per heavy atom. The van der Waals surface area contributed by atoms with Crippen LogP contribution in [0.2, 0.25) is 0 Å². The Bertz CT molecular complexity index is 1150. The Morgan fingerprint density at radius 1 is 1.04 bits per heavy atom. The van der Waals surface area contributed by atoms with Gasteiger partial charge >= 0.3 is 0 Å². The zero-order valence-electron chi connectivity index (χ0n) is 13.6. The number of aromatic nitrogens is 2. The van der Waals surface area contributed by atoms with Gasteiger partial charge in [-0.05, 0) is 40.6 Å². The number of thioether (sulfide) groups is 1. The number of benzene rings is 3. The first-order valence-corrected chi connectivity index (χ1v) is 8.87. The Kier molecular flexibility index (Phi) is 4.01. The number of hydrogen-bond acceptors (Lipinski definition) is 3. The minimum Gasteiger partial charge on any atom is -0.290 e. The molecule has 0 radical (unpaired) electrons. The van der Waals surface area contributed by atoms with Crippen molar-refractivity contribution in [3.8, 4) is 0 Å². The molecule has 0 saturated carbocycles. The lowest BCUT2D eigenvalue weighted by atomic mass is 10.1. The van der Waals surface area contributed by atoms with Crippen molar-refractivity contribution in [2.75, 3.05) is 0 Å². The first kappa shape index (κ1) is 15.8. The van der Waals surface area contributed by atoms with Gasteiger partial charge in [-0.1, -0.05) is 48.2 Å². The van der Waals surface area contributed by atoms with Gasteiger partial charge in [-0.15, -0.1) is 0 Å². The average Bonchev–Trinajstić information content (AvgIpc) is 2.62. The van der Waals surface area contributed by atoms with E-state index < -0.39 is 0 Å². The highest BCUT2D eigenvalue weighted by Gasteiger charge is 2.10. The molecule has 25 heavy (non-hydrogen) atoms. The summed E-state index contributed by atoms with van der Waals surface area (Å²) in [4.78, 5) is 17.4. The third kappa shape index (κ3) is 3.03. The summed E-state index contributed by atoms with van der Waals surface area (Å²) in [7, 11) is 1.72. The van der Waals surface area contributed by atoms with Crippen LogP contribution in [-0.4, -0.2) is 9.55 Å². The number of rotatable bonds is 3. The zero-order chi connectivity index (χ0) is 17.4. The summed E-state index contributed by atoms with van der Waals surface area (Å²) >= 11 is 1.43. The van der Waals surface area contributed by atoms with E-state index in [-0.39, 0.29) is 11.4 Å². The molecule has 4 rings (SSSR count). The highest BCUT2D eigenvalue weighted by molar-refractivity contribution is 7.98. The maximum absolute atomic E-state index is 13.3. The highest BCUT2D eigenvalue weighted by atomic mass is 32.2. The average molecular weight is 350 g/mol. The second-order valence-corrected chi connectivity index (χ2v) is 6.84. The van der Waals surface area contributed by atoms with Crippen LogP contribution < -0.4 is 5.56 Å². The lowest BCUT2D eigenvalue weighted by molar-refractivity contribution is 0.626. The smallest absolute Gasteiger partial charge is 0.261 e. The summed E-state index contributed by atoms with van der Waals surface area (Å²) in [6, 6.07) is 18.2. The van der Waals surface area contributed by atoms with Crippen LogP contribution in [0.25, 0.3) is 21.7 Å². The standard InChI is InChI=1S/C20H15FN2OS/c1-23-19(24)17-10-14-6-2-3-7-15(14)11-18(17)22-20(23)25-12-13-5-4-8-16(21)9-13/h2-11H,12H2,1H3. The van der Waals surface area contributed by atoms with Gasteiger partial charge in [0.05, 0.1) is 10.9 Å². The topological polar surface area (TPSA) is 34.9 Å². The van der Waals surface area contributed by atoms with Gasteiger partial charge in [0.2, 0.25) is 0 Å². The lowest BCUT2D eigenvalue weighted by Crippen LogP contribution is -2.20. The Morgan fingerprint density at radius 2 is 1.80 bits per heavy atom. The third-order valence-corrected chi connectivity index (χ3v) is 5.26. The molecule has 0 unspecified atom stereocenters. The van der Waals surface area contributed by atoms with Crippen LogP contribution in [0.1, 0.15) is 5.56 Å². The molecular weight excluding hydrogens is 335 g/mol. The summed E-state index contributed by atoms with van der Waals surface area (Å²) < 4.78 is 14.9. The number of nitrogens with zero attached hydrogens (tertiary/aromatic N) is 2. The molecule has 3 aromatic carbocycles. The molecule has 3 nitrogen and oxygen atoms in total. The minimum atomic E-state index is -0.259. The highest BCUT2D eigenvalue weighted by Crippen LogP contribution is 2.24. The van der Waals surface area contributed by atoms with E-state index in [4.69, 9.17) is 0 Å². The predicted molar refractivity (Wildman–Crippen MR) is 100 cm³/mol. The van der Waals surface area contributed by atoms with Crippen molar-refractivity contribution in [3.05, 3.63) is 82.4 Å². The minimum absolute atomic E-state index is 0.0718. The van der Waals surface area contributed by atoms with Gasteiger partial charge in [0.25, 0.3) is 5.56 Å². The van der Waals surface area contributed by atoms with E-state index >= 15 is 0 Å². The van der Waals surface area contributed by atoms with Crippen molar-refractivity contribution in [3.63, 3.8) is 0 Å². The van der Waals surface area contributed by atoms with E-state index in [1.165, 1.54) is 23.9 Å². The monoisotopic (exact) mass is 350 g/mol. The maximum Gasteiger partial charge on any atom is 0.261 e. The summed E-state index contributed by atoms with van der Waals surface area (Å²) in [6.45, 7) is 0. The quantitative estimate of drug-likeness (QED) is 0.310. The fourth-order valence-electron chi connectivity index (χ4n) is 2.84. The number of halogens is 1. The van der Waals surface area contributed by atoms with Crippen LogP contribution in [0.15, 0.2) is 70.6 Å². The molecular formula is C20H15FN2OS. The van der Waals surface area contributed by atoms with E-state index in [1.807, 2.05) is 42.5 Å². The number of fused-ring (bicyclic) bond motifs is 2. The molecule has 0 N–H and O–H groups in total. The van der Waals surface area contributed by atoms with Crippen molar-refractivity contribution in [1.29, 1.82) is 0 Å². The van der Waals surface area contributed by atoms with Crippen LogP contribution in [0.5, 0.6) is 0 Å². The van der Waals surface area contributed by atoms with Gasteiger partial charge < -0.3 is 0 Å². The van der Waals surface area contributed by atoms with Gasteiger partial charge in [0.1, 0.15) is 5.82 Å². The van der Waals surface area contributed by atoms with Crippen molar-refractivity contribution >= 4 is 33.4 Å². The van der Waals surface area contributed by atoms with Crippen LogP contribution in [-0.2, 0) is 12.8 Å². The summed E-state index contributed by atoms with van der Waals surface area (Å²) in [5, 5.41) is 3.30. The van der Waals surface area contributed by atoms with Crippen LogP contribution >= 0.6 is 11.8 Å². The molecule has 1 aromatic heterocycles. The van der Waals surface area contributed by atoms with Crippen molar-refractivity contribution in [2.24, 2.45) is 7.05 Å². The number of hydrogen-bond donors (Lipinski definition) is 0. The van der Waals surface area contributed by atoms with Gasteiger partial charge in [0, 0.05) is 12.8 Å². The lowest BCUT2D eigenvalue weighted by Gasteiger charge is -2.10. The molecule has 124 valence electrons. The largest absolute Gasteiger partial charge is 0.290 e. The normalized spacial score (nSPS) is 11.3. The molecule has 0 aliphatic heterocycles. The van der Waals surface area contributed by atoms with Crippen LogP contribution in [0.4, 0.5) is 4.39 Å². The fraction of sp³-hybridized carbons (Fsp3) is 0.100. The Labute approximate surface area is 148 Å². The molecule has 0 spiro atoms. The van der Waals surface area contributed by atoms with E-state index in [9.17, 15) is 9.18 Å². The summed E-state index contributed by atoms with van der Waals surface area (Å²) in [5.41, 5.74) is 1.47.